The van der Waals surface area contributed by atoms with Crippen molar-refractivity contribution in [1.82, 2.24) is 9.78 Å². The molecule has 1 N–H and O–H groups in total. The Hall–Kier alpha value is -2.15. The van der Waals surface area contributed by atoms with Gasteiger partial charge in [0.05, 0.1) is 22.5 Å². The van der Waals surface area contributed by atoms with Gasteiger partial charge in [-0.05, 0) is 25.5 Å². The molecule has 0 unspecified atom stereocenters. The van der Waals surface area contributed by atoms with Gasteiger partial charge < -0.3 is 5.11 Å². The van der Waals surface area contributed by atoms with E-state index < -0.39 is 21.6 Å². The van der Waals surface area contributed by atoms with E-state index in [0.29, 0.717) is 5.56 Å². The third-order valence-electron chi connectivity index (χ3n) is 3.28. The molecular weight excluding hydrogens is 292 g/mol. The molecule has 1 aromatic carbocycles. The minimum Gasteiger partial charge on any atom is -0.478 e. The normalized spacial score (nSPS) is 11.6. The highest BCUT2D eigenvalue weighted by Crippen LogP contribution is 2.22. The third kappa shape index (κ3) is 2.97. The lowest BCUT2D eigenvalue weighted by atomic mass is 10.2. The summed E-state index contributed by atoms with van der Waals surface area (Å²) in [6.45, 7) is 3.61. The van der Waals surface area contributed by atoms with Crippen molar-refractivity contribution in [3.8, 4) is 0 Å². The van der Waals surface area contributed by atoms with E-state index in [1.807, 2.05) is 6.92 Å². The summed E-state index contributed by atoms with van der Waals surface area (Å²) in [6.07, 6.45) is 1.16. The predicted molar refractivity (Wildman–Crippen MR) is 77.0 cm³/mol. The molecular formula is C14H16N2O4S. The van der Waals surface area contributed by atoms with Crippen LogP contribution in [0.2, 0.25) is 0 Å². The van der Waals surface area contributed by atoms with Crippen LogP contribution < -0.4 is 0 Å². The number of benzene rings is 1. The molecule has 0 spiro atoms. The molecule has 0 aliphatic rings. The van der Waals surface area contributed by atoms with Crippen molar-refractivity contribution in [1.29, 1.82) is 0 Å². The van der Waals surface area contributed by atoms with Crippen molar-refractivity contribution in [3.05, 3.63) is 46.8 Å². The van der Waals surface area contributed by atoms with Crippen LogP contribution in [0.1, 0.15) is 27.2 Å². The number of nitrogens with zero attached hydrogens (tertiary/aromatic N) is 2. The summed E-state index contributed by atoms with van der Waals surface area (Å²) in [5.41, 5.74) is 1.69. The lowest BCUT2D eigenvalue weighted by Crippen LogP contribution is -2.13. The Morgan fingerprint density at radius 2 is 2.00 bits per heavy atom. The summed E-state index contributed by atoms with van der Waals surface area (Å²) < 4.78 is 26.3. The monoisotopic (exact) mass is 308 g/mol. The maximum absolute atomic E-state index is 12.5. The van der Waals surface area contributed by atoms with Gasteiger partial charge in [-0.15, -0.1) is 0 Å². The molecule has 0 fully saturated rings. The predicted octanol–water partition coefficient (Wildman–Crippen LogP) is 1.71. The average Bonchev–Trinajstić information content (AvgIpc) is 2.70. The summed E-state index contributed by atoms with van der Waals surface area (Å²) in [5, 5.41) is 12.9. The highest BCUT2D eigenvalue weighted by Gasteiger charge is 2.24. The Morgan fingerprint density at radius 3 is 2.57 bits per heavy atom. The second kappa shape index (κ2) is 5.33. The molecule has 0 aliphatic heterocycles. The van der Waals surface area contributed by atoms with E-state index in [0.717, 1.165) is 11.8 Å². The average molecular weight is 308 g/mol. The topological polar surface area (TPSA) is 89.3 Å². The number of hydrogen-bond acceptors (Lipinski definition) is 4. The molecule has 6 nitrogen and oxygen atoms in total. The fraction of sp³-hybridized carbons (Fsp3) is 0.286. The lowest BCUT2D eigenvalue weighted by molar-refractivity contribution is 0.0696. The van der Waals surface area contributed by atoms with E-state index in [1.165, 1.54) is 11.7 Å². The molecule has 7 heteroatoms. The van der Waals surface area contributed by atoms with Gasteiger partial charge in [0.25, 0.3) is 0 Å². The third-order valence-corrected chi connectivity index (χ3v) is 5.07. The summed E-state index contributed by atoms with van der Waals surface area (Å²) in [5.74, 6) is -1.58. The van der Waals surface area contributed by atoms with E-state index >= 15 is 0 Å². The molecule has 1 heterocycles. The molecule has 1 aromatic heterocycles. The Balaban J connectivity index is 2.47. The smallest absolute Gasteiger partial charge is 0.339 e. The second-order valence-electron chi connectivity index (χ2n) is 4.96. The lowest BCUT2D eigenvalue weighted by Gasteiger charge is -2.09. The van der Waals surface area contributed by atoms with Crippen LogP contribution in [0.25, 0.3) is 0 Å². The van der Waals surface area contributed by atoms with Crippen LogP contribution in [0.15, 0.2) is 29.3 Å². The Morgan fingerprint density at radius 1 is 1.33 bits per heavy atom. The van der Waals surface area contributed by atoms with Crippen molar-refractivity contribution in [2.75, 3.05) is 0 Å². The van der Waals surface area contributed by atoms with Gasteiger partial charge in [-0.2, -0.15) is 5.10 Å². The SMILES string of the molecule is Cc1ccc(S(=O)(=O)Cc2c(C(=O)O)cnn2C)c(C)c1. The first-order chi connectivity index (χ1) is 9.72. The van der Waals surface area contributed by atoms with Crippen LogP contribution in [-0.2, 0) is 22.6 Å². The maximum Gasteiger partial charge on any atom is 0.339 e. The number of carboxylic acid groups (broad SMARTS) is 1. The zero-order valence-corrected chi connectivity index (χ0v) is 12.8. The minimum atomic E-state index is -3.63. The molecule has 2 aromatic rings. The van der Waals surface area contributed by atoms with Crippen LogP contribution in [0.4, 0.5) is 0 Å². The Labute approximate surface area is 123 Å². The van der Waals surface area contributed by atoms with Crippen molar-refractivity contribution in [2.24, 2.45) is 7.05 Å². The first-order valence-corrected chi connectivity index (χ1v) is 7.92. The van der Waals surface area contributed by atoms with Gasteiger partial charge in [0.1, 0.15) is 5.56 Å². The zero-order chi connectivity index (χ0) is 15.8. The number of aromatic carboxylic acids is 1. The molecule has 0 aliphatic carbocycles. The number of rotatable bonds is 4. The minimum absolute atomic E-state index is 0.0918. The molecule has 21 heavy (non-hydrogen) atoms. The number of carboxylic acids is 1. The molecule has 0 radical (unpaired) electrons. The van der Waals surface area contributed by atoms with Crippen LogP contribution in [0, 0.1) is 13.8 Å². The number of hydrogen-bond donors (Lipinski definition) is 1. The van der Waals surface area contributed by atoms with Gasteiger partial charge in [-0.25, -0.2) is 13.2 Å². The largest absolute Gasteiger partial charge is 0.478 e. The van der Waals surface area contributed by atoms with Gasteiger partial charge in [0.15, 0.2) is 9.84 Å². The molecule has 0 bridgehead atoms. The Kier molecular flexibility index (Phi) is 3.87. The highest BCUT2D eigenvalue weighted by atomic mass is 32.2. The van der Waals surface area contributed by atoms with Crippen molar-refractivity contribution in [3.63, 3.8) is 0 Å². The van der Waals surface area contributed by atoms with E-state index in [9.17, 15) is 13.2 Å². The number of sulfone groups is 1. The van der Waals surface area contributed by atoms with Crippen LogP contribution in [0.5, 0.6) is 0 Å². The molecule has 2 rings (SSSR count). The zero-order valence-electron chi connectivity index (χ0n) is 12.0. The Bertz CT molecular complexity index is 806. The highest BCUT2D eigenvalue weighted by molar-refractivity contribution is 7.90. The quantitative estimate of drug-likeness (QED) is 0.928. The number of aryl methyl sites for hydroxylation is 3. The van der Waals surface area contributed by atoms with Gasteiger partial charge in [0, 0.05) is 7.05 Å². The number of carbonyl (C=O) groups is 1. The van der Waals surface area contributed by atoms with Crippen molar-refractivity contribution >= 4 is 15.8 Å². The fourth-order valence-corrected chi connectivity index (χ4v) is 3.90. The van der Waals surface area contributed by atoms with Gasteiger partial charge in [-0.3, -0.25) is 4.68 Å². The van der Waals surface area contributed by atoms with E-state index in [-0.39, 0.29) is 16.2 Å². The van der Waals surface area contributed by atoms with Gasteiger partial charge in [-0.1, -0.05) is 17.7 Å². The molecule has 0 atom stereocenters. The second-order valence-corrected chi connectivity index (χ2v) is 6.92. The first-order valence-electron chi connectivity index (χ1n) is 6.26. The van der Waals surface area contributed by atoms with Gasteiger partial charge >= 0.3 is 5.97 Å². The summed E-state index contributed by atoms with van der Waals surface area (Å²) >= 11 is 0. The molecule has 112 valence electrons. The van der Waals surface area contributed by atoms with Crippen molar-refractivity contribution < 1.29 is 18.3 Å². The first kappa shape index (κ1) is 15.2. The van der Waals surface area contributed by atoms with Crippen LogP contribution in [-0.4, -0.2) is 29.3 Å². The fourth-order valence-electron chi connectivity index (χ4n) is 2.22. The summed E-state index contributed by atoms with van der Waals surface area (Å²) in [6, 6.07) is 5.06. The van der Waals surface area contributed by atoms with Crippen molar-refractivity contribution in [2.45, 2.75) is 24.5 Å². The van der Waals surface area contributed by atoms with Crippen LogP contribution >= 0.6 is 0 Å². The van der Waals surface area contributed by atoms with Crippen LogP contribution in [0.3, 0.4) is 0 Å². The van der Waals surface area contributed by atoms with E-state index in [1.54, 1.807) is 25.1 Å². The molecule has 0 amide bonds. The van der Waals surface area contributed by atoms with E-state index in [4.69, 9.17) is 5.11 Å². The standard InChI is InChI=1S/C14H16N2O4S/c1-9-4-5-13(10(2)6-9)21(19,20)8-12-11(14(17)18)7-15-16(12)3/h4-7H,8H2,1-3H3,(H,17,18). The molecule has 0 saturated heterocycles. The van der Waals surface area contributed by atoms with E-state index in [2.05, 4.69) is 5.10 Å². The van der Waals surface area contributed by atoms with Gasteiger partial charge in [0.2, 0.25) is 0 Å². The maximum atomic E-state index is 12.5. The summed E-state index contributed by atoms with van der Waals surface area (Å²) in [4.78, 5) is 11.3. The summed E-state index contributed by atoms with van der Waals surface area (Å²) in [7, 11) is -2.11. The molecule has 0 saturated carbocycles. The number of aromatic nitrogens is 2.